The van der Waals surface area contributed by atoms with Crippen molar-refractivity contribution < 1.29 is 17.4 Å². The summed E-state index contributed by atoms with van der Waals surface area (Å²) in [5, 5.41) is 0. The molecule has 7 heteroatoms. The molecule has 0 radical (unpaired) electrons. The van der Waals surface area contributed by atoms with Gasteiger partial charge < -0.3 is 5.73 Å². The van der Waals surface area contributed by atoms with Gasteiger partial charge in [0.25, 0.3) is 16.0 Å². The maximum atomic E-state index is 11.1. The Bertz CT molecular complexity index is 481. The average Bonchev–Trinajstić information content (AvgIpc) is 2.14. The Morgan fingerprint density at radius 1 is 1.50 bits per heavy atom. The van der Waals surface area contributed by atoms with Crippen LogP contribution in [0.5, 0.6) is 0 Å². The van der Waals surface area contributed by atoms with Gasteiger partial charge in [-0.3, -0.25) is 14.0 Å². The summed E-state index contributed by atoms with van der Waals surface area (Å²) in [6.45, 7) is 1.81. The Balaban J connectivity index is 3.03. The lowest BCUT2D eigenvalue weighted by atomic mass is 10.2. The van der Waals surface area contributed by atoms with Crippen LogP contribution < -0.4 is 5.73 Å². The summed E-state index contributed by atoms with van der Waals surface area (Å²) < 4.78 is 26.4. The zero-order chi connectivity index (χ0) is 12.3. The first-order valence-corrected chi connectivity index (χ1v) is 6.21. The third-order valence-electron chi connectivity index (χ3n) is 1.73. The number of nitrogens with zero attached hydrogens (tertiary/aromatic N) is 1. The van der Waals surface area contributed by atoms with Gasteiger partial charge in [-0.05, 0) is 18.6 Å². The van der Waals surface area contributed by atoms with Crippen LogP contribution in [0.1, 0.15) is 17.4 Å². The summed E-state index contributed by atoms with van der Waals surface area (Å²) in [7, 11) is -3.77. The second-order valence-corrected chi connectivity index (χ2v) is 4.94. The fraction of sp³-hybridized carbons (Fsp3) is 0.333. The number of primary amides is 1. The van der Waals surface area contributed by atoms with E-state index >= 15 is 0 Å². The van der Waals surface area contributed by atoms with Crippen molar-refractivity contribution in [1.82, 2.24) is 4.98 Å². The van der Waals surface area contributed by atoms with E-state index in [2.05, 4.69) is 9.17 Å². The van der Waals surface area contributed by atoms with E-state index in [1.807, 2.05) is 6.92 Å². The molecule has 2 N–H and O–H groups in total. The van der Waals surface area contributed by atoms with Crippen molar-refractivity contribution in [3.05, 3.63) is 29.6 Å². The zero-order valence-electron chi connectivity index (χ0n) is 8.88. The van der Waals surface area contributed by atoms with Crippen LogP contribution in [0.2, 0.25) is 0 Å². The van der Waals surface area contributed by atoms with Crippen LogP contribution in [-0.4, -0.2) is 25.6 Å². The van der Waals surface area contributed by atoms with Crippen LogP contribution in [0.4, 0.5) is 0 Å². The van der Waals surface area contributed by atoms with Crippen LogP contribution in [0.15, 0.2) is 18.3 Å². The highest BCUT2D eigenvalue weighted by molar-refractivity contribution is 7.86. The topological polar surface area (TPSA) is 99.4 Å². The van der Waals surface area contributed by atoms with Gasteiger partial charge in [-0.15, -0.1) is 0 Å². The number of rotatable bonds is 4. The van der Waals surface area contributed by atoms with Gasteiger partial charge in [-0.2, -0.15) is 8.42 Å². The first kappa shape index (κ1) is 12.6. The largest absolute Gasteiger partial charge is 0.367 e. The van der Waals surface area contributed by atoms with Crippen LogP contribution in [0, 0.1) is 6.92 Å². The van der Waals surface area contributed by atoms with Crippen LogP contribution >= 0.6 is 0 Å². The zero-order valence-corrected chi connectivity index (χ0v) is 9.69. The molecule has 0 aliphatic rings. The second-order valence-electron chi connectivity index (χ2n) is 3.34. The smallest absolute Gasteiger partial charge is 0.265 e. The first-order valence-electron chi connectivity index (χ1n) is 4.40. The van der Waals surface area contributed by atoms with Crippen molar-refractivity contribution in [3.63, 3.8) is 0 Å². The Kier molecular flexibility index (Phi) is 3.61. The lowest BCUT2D eigenvalue weighted by Gasteiger charge is -2.11. The number of aryl methyl sites for hydroxylation is 1. The molecule has 6 nitrogen and oxygen atoms in total. The first-order chi connectivity index (χ1) is 7.29. The lowest BCUT2D eigenvalue weighted by Crippen LogP contribution is -2.26. The van der Waals surface area contributed by atoms with Crippen molar-refractivity contribution in [2.75, 3.05) is 6.26 Å². The summed E-state index contributed by atoms with van der Waals surface area (Å²) in [4.78, 5) is 14.9. The van der Waals surface area contributed by atoms with E-state index in [-0.39, 0.29) is 5.69 Å². The minimum Gasteiger partial charge on any atom is -0.367 e. The molecule has 1 atom stereocenters. The molecule has 1 rings (SSSR count). The minimum absolute atomic E-state index is 0.170. The molecule has 0 fully saturated rings. The van der Waals surface area contributed by atoms with Crippen molar-refractivity contribution >= 4 is 16.0 Å². The molecule has 1 heterocycles. The monoisotopic (exact) mass is 244 g/mol. The molecule has 0 saturated heterocycles. The molecule has 0 aliphatic carbocycles. The highest BCUT2D eigenvalue weighted by atomic mass is 32.2. The fourth-order valence-electron chi connectivity index (χ4n) is 1.05. The van der Waals surface area contributed by atoms with Gasteiger partial charge in [-0.25, -0.2) is 0 Å². The molecule has 1 aromatic heterocycles. The van der Waals surface area contributed by atoms with Gasteiger partial charge in [0.2, 0.25) is 0 Å². The third kappa shape index (κ3) is 3.59. The number of hydrogen-bond acceptors (Lipinski definition) is 5. The molecular formula is C9H12N2O4S. The number of nitrogens with two attached hydrogens (primary N) is 1. The summed E-state index contributed by atoms with van der Waals surface area (Å²) in [5.41, 5.74) is 6.10. The summed E-state index contributed by atoms with van der Waals surface area (Å²) in [6.07, 6.45) is 0.962. The summed E-state index contributed by atoms with van der Waals surface area (Å²) >= 11 is 0. The fourth-order valence-corrected chi connectivity index (χ4v) is 1.59. The molecule has 1 amide bonds. The SMILES string of the molecule is Cc1ccc(C(OS(C)(=O)=O)C(N)=O)nc1. The standard InChI is InChI=1S/C9H12N2O4S/c1-6-3-4-7(11-5-6)8(9(10)12)15-16(2,13)14/h3-5,8H,1-2H3,(H2,10,12). The molecule has 0 aromatic carbocycles. The number of pyridine rings is 1. The van der Waals surface area contributed by atoms with Crippen molar-refractivity contribution in [2.24, 2.45) is 5.73 Å². The molecule has 0 saturated carbocycles. The molecule has 0 spiro atoms. The lowest BCUT2D eigenvalue weighted by molar-refractivity contribution is -0.124. The van der Waals surface area contributed by atoms with Gasteiger partial charge in [0, 0.05) is 6.20 Å². The Morgan fingerprint density at radius 3 is 2.50 bits per heavy atom. The minimum atomic E-state index is -3.77. The van der Waals surface area contributed by atoms with E-state index in [1.54, 1.807) is 6.07 Å². The van der Waals surface area contributed by atoms with Gasteiger partial charge in [0.1, 0.15) is 0 Å². The predicted octanol–water partition coefficient (Wildman–Crippen LogP) is -0.107. The molecule has 0 bridgehead atoms. The highest BCUT2D eigenvalue weighted by Gasteiger charge is 2.24. The molecule has 1 unspecified atom stereocenters. The van der Waals surface area contributed by atoms with E-state index in [0.29, 0.717) is 0 Å². The van der Waals surface area contributed by atoms with Gasteiger partial charge in [-0.1, -0.05) is 6.07 Å². The molecule has 0 aliphatic heterocycles. The Hall–Kier alpha value is -1.47. The highest BCUT2D eigenvalue weighted by Crippen LogP contribution is 2.16. The van der Waals surface area contributed by atoms with Crippen LogP contribution in [-0.2, 0) is 19.1 Å². The predicted molar refractivity (Wildman–Crippen MR) is 56.8 cm³/mol. The van der Waals surface area contributed by atoms with Crippen molar-refractivity contribution in [2.45, 2.75) is 13.0 Å². The number of carbonyl (C=O) groups is 1. The Labute approximate surface area is 93.6 Å². The maximum absolute atomic E-state index is 11.1. The van der Waals surface area contributed by atoms with Crippen molar-refractivity contribution in [3.8, 4) is 0 Å². The Morgan fingerprint density at radius 2 is 2.12 bits per heavy atom. The average molecular weight is 244 g/mol. The second kappa shape index (κ2) is 4.58. The molecule has 88 valence electrons. The molecular weight excluding hydrogens is 232 g/mol. The number of hydrogen-bond donors (Lipinski definition) is 1. The van der Waals surface area contributed by atoms with Gasteiger partial charge in [0.15, 0.2) is 6.10 Å². The van der Waals surface area contributed by atoms with Crippen LogP contribution in [0.3, 0.4) is 0 Å². The molecule has 16 heavy (non-hydrogen) atoms. The molecule has 1 aromatic rings. The van der Waals surface area contributed by atoms with E-state index in [1.165, 1.54) is 12.3 Å². The van der Waals surface area contributed by atoms with Gasteiger partial charge >= 0.3 is 0 Å². The quantitative estimate of drug-likeness (QED) is 0.745. The number of aromatic nitrogens is 1. The third-order valence-corrected chi connectivity index (χ3v) is 2.27. The van der Waals surface area contributed by atoms with Crippen molar-refractivity contribution in [1.29, 1.82) is 0 Å². The number of amides is 1. The normalized spacial score (nSPS) is 13.4. The summed E-state index contributed by atoms with van der Waals surface area (Å²) in [6, 6.07) is 3.18. The van der Waals surface area contributed by atoms with Crippen LogP contribution in [0.25, 0.3) is 0 Å². The number of carbonyl (C=O) groups excluding carboxylic acids is 1. The van der Waals surface area contributed by atoms with E-state index in [9.17, 15) is 13.2 Å². The van der Waals surface area contributed by atoms with E-state index < -0.39 is 22.1 Å². The van der Waals surface area contributed by atoms with E-state index in [0.717, 1.165) is 11.8 Å². The summed E-state index contributed by atoms with van der Waals surface area (Å²) in [5.74, 6) is -0.901. The van der Waals surface area contributed by atoms with E-state index in [4.69, 9.17) is 5.73 Å². The van der Waals surface area contributed by atoms with Gasteiger partial charge in [0.05, 0.1) is 11.9 Å². The maximum Gasteiger partial charge on any atom is 0.265 e.